The number of likely N-dealkylation sites (tertiary alicyclic amines) is 1. The zero-order valence-corrected chi connectivity index (χ0v) is 13.2. The first-order chi connectivity index (χ1) is 10.1. The molecule has 2 aliphatic heterocycles. The molecular weight excluding hydrogens is 334 g/mol. The predicted octanol–water partition coefficient (Wildman–Crippen LogP) is 2.55. The zero-order valence-electron chi connectivity index (χ0n) is 11.6. The largest absolute Gasteiger partial charge is 0.338 e. The number of halogens is 1. The molecule has 5 nitrogen and oxygen atoms in total. The molecule has 1 saturated heterocycles. The van der Waals surface area contributed by atoms with Crippen molar-refractivity contribution in [2.75, 3.05) is 18.1 Å². The number of hydrazone groups is 1. The lowest BCUT2D eigenvalue weighted by molar-refractivity contribution is -0.123. The first-order valence-electron chi connectivity index (χ1n) is 7.10. The van der Waals surface area contributed by atoms with Crippen LogP contribution in [0, 0.1) is 0 Å². The van der Waals surface area contributed by atoms with Crippen LogP contribution in [0.4, 0.5) is 5.69 Å². The summed E-state index contributed by atoms with van der Waals surface area (Å²) in [6, 6.07) is 7.34. The van der Waals surface area contributed by atoms with Crippen LogP contribution in [0.3, 0.4) is 0 Å². The molecule has 0 aromatic heterocycles. The monoisotopic (exact) mass is 349 g/mol. The third kappa shape index (κ3) is 3.00. The van der Waals surface area contributed by atoms with Crippen molar-refractivity contribution in [1.29, 1.82) is 0 Å². The minimum absolute atomic E-state index is 0.0258. The maximum Gasteiger partial charge on any atom is 0.270 e. The second-order valence-electron chi connectivity index (χ2n) is 5.23. The van der Waals surface area contributed by atoms with Crippen LogP contribution >= 0.6 is 15.9 Å². The van der Waals surface area contributed by atoms with Crippen LogP contribution in [-0.2, 0) is 9.59 Å². The summed E-state index contributed by atoms with van der Waals surface area (Å²) >= 11 is 3.36. The lowest BCUT2D eigenvalue weighted by atomic mass is 10.1. The van der Waals surface area contributed by atoms with Crippen molar-refractivity contribution >= 4 is 39.1 Å². The van der Waals surface area contributed by atoms with E-state index in [1.165, 1.54) is 5.01 Å². The summed E-state index contributed by atoms with van der Waals surface area (Å²) < 4.78 is 0.938. The average molecular weight is 350 g/mol. The molecule has 0 N–H and O–H groups in total. The van der Waals surface area contributed by atoms with E-state index in [2.05, 4.69) is 21.0 Å². The van der Waals surface area contributed by atoms with E-state index in [9.17, 15) is 9.59 Å². The zero-order chi connectivity index (χ0) is 14.8. The molecule has 0 radical (unpaired) electrons. The Bertz CT molecular complexity index is 591. The van der Waals surface area contributed by atoms with Gasteiger partial charge in [0.1, 0.15) is 5.71 Å². The molecule has 1 aromatic carbocycles. The molecule has 0 saturated carbocycles. The Hall–Kier alpha value is -1.69. The third-order valence-corrected chi connectivity index (χ3v) is 4.27. The van der Waals surface area contributed by atoms with Gasteiger partial charge in [-0.3, -0.25) is 9.59 Å². The summed E-state index contributed by atoms with van der Waals surface area (Å²) in [6.07, 6.45) is 2.86. The molecule has 1 aromatic rings. The lowest BCUT2D eigenvalue weighted by Gasteiger charge is -2.25. The van der Waals surface area contributed by atoms with Crippen LogP contribution in [0.15, 0.2) is 33.8 Å². The Morgan fingerprint density at radius 2 is 1.76 bits per heavy atom. The van der Waals surface area contributed by atoms with Gasteiger partial charge in [-0.25, -0.2) is 5.01 Å². The molecule has 2 heterocycles. The molecule has 0 bridgehead atoms. The van der Waals surface area contributed by atoms with E-state index in [1.54, 1.807) is 0 Å². The standard InChI is InChI=1S/C15H16BrN3O2/c16-11-3-5-12(6-4-11)19-14(20)8-7-13(17-19)15(21)18-9-1-2-10-18/h3-6H,1-2,7-10H2. The molecule has 6 heteroatoms. The molecule has 110 valence electrons. The van der Waals surface area contributed by atoms with Crippen LogP contribution in [0.5, 0.6) is 0 Å². The Morgan fingerprint density at radius 3 is 2.43 bits per heavy atom. The molecule has 0 atom stereocenters. The van der Waals surface area contributed by atoms with Crippen LogP contribution < -0.4 is 5.01 Å². The van der Waals surface area contributed by atoms with Crippen molar-refractivity contribution in [3.63, 3.8) is 0 Å². The second kappa shape index (κ2) is 5.97. The quantitative estimate of drug-likeness (QED) is 0.823. The minimum atomic E-state index is -0.0738. The molecule has 2 amide bonds. The van der Waals surface area contributed by atoms with Crippen molar-refractivity contribution in [2.24, 2.45) is 5.10 Å². The fraction of sp³-hybridized carbons (Fsp3) is 0.400. The van der Waals surface area contributed by atoms with E-state index in [4.69, 9.17) is 0 Å². The number of carbonyl (C=O) groups is 2. The number of amides is 2. The topological polar surface area (TPSA) is 53.0 Å². The summed E-state index contributed by atoms with van der Waals surface area (Å²) in [4.78, 5) is 26.3. The predicted molar refractivity (Wildman–Crippen MR) is 84.1 cm³/mol. The van der Waals surface area contributed by atoms with Crippen molar-refractivity contribution in [3.8, 4) is 0 Å². The van der Waals surface area contributed by atoms with Crippen molar-refractivity contribution in [3.05, 3.63) is 28.7 Å². The summed E-state index contributed by atoms with van der Waals surface area (Å²) in [6.45, 7) is 1.59. The Kier molecular flexibility index (Phi) is 4.05. The summed E-state index contributed by atoms with van der Waals surface area (Å²) in [5.41, 5.74) is 1.18. The maximum atomic E-state index is 12.4. The minimum Gasteiger partial charge on any atom is -0.338 e. The lowest BCUT2D eigenvalue weighted by Crippen LogP contribution is -2.40. The fourth-order valence-corrected chi connectivity index (χ4v) is 2.86. The molecule has 0 spiro atoms. The highest BCUT2D eigenvalue weighted by Gasteiger charge is 2.29. The van der Waals surface area contributed by atoms with Gasteiger partial charge in [0, 0.05) is 30.4 Å². The summed E-state index contributed by atoms with van der Waals surface area (Å²) in [5.74, 6) is -0.0996. The maximum absolute atomic E-state index is 12.4. The Labute approximate surface area is 131 Å². The summed E-state index contributed by atoms with van der Waals surface area (Å²) in [7, 11) is 0. The average Bonchev–Trinajstić information content (AvgIpc) is 3.02. The molecule has 2 aliphatic rings. The molecule has 3 rings (SSSR count). The first kappa shape index (κ1) is 14.3. The van der Waals surface area contributed by atoms with Gasteiger partial charge in [0.05, 0.1) is 5.69 Å². The third-order valence-electron chi connectivity index (χ3n) is 3.74. The van der Waals surface area contributed by atoms with Crippen molar-refractivity contribution < 1.29 is 9.59 Å². The van der Waals surface area contributed by atoms with Crippen LogP contribution in [0.2, 0.25) is 0 Å². The molecule has 1 fully saturated rings. The van der Waals surface area contributed by atoms with E-state index in [1.807, 2.05) is 29.2 Å². The van der Waals surface area contributed by atoms with Crippen LogP contribution in [0.1, 0.15) is 25.7 Å². The van der Waals surface area contributed by atoms with Gasteiger partial charge in [-0.1, -0.05) is 15.9 Å². The number of nitrogens with zero attached hydrogens (tertiary/aromatic N) is 3. The van der Waals surface area contributed by atoms with E-state index in [0.29, 0.717) is 24.2 Å². The highest BCUT2D eigenvalue weighted by Crippen LogP contribution is 2.23. The van der Waals surface area contributed by atoms with Gasteiger partial charge in [0.2, 0.25) is 5.91 Å². The normalized spacial score (nSPS) is 18.9. The highest BCUT2D eigenvalue weighted by molar-refractivity contribution is 9.10. The SMILES string of the molecule is O=C(C1=NN(c2ccc(Br)cc2)C(=O)CC1)N1CCCC1. The number of benzene rings is 1. The Balaban J connectivity index is 1.85. The van der Waals surface area contributed by atoms with Crippen molar-refractivity contribution in [2.45, 2.75) is 25.7 Å². The fourth-order valence-electron chi connectivity index (χ4n) is 2.59. The van der Waals surface area contributed by atoms with Gasteiger partial charge < -0.3 is 4.90 Å². The van der Waals surface area contributed by atoms with Gasteiger partial charge in [-0.2, -0.15) is 5.10 Å². The second-order valence-corrected chi connectivity index (χ2v) is 6.14. The van der Waals surface area contributed by atoms with Crippen LogP contribution in [0.25, 0.3) is 0 Å². The molecular formula is C15H16BrN3O2. The van der Waals surface area contributed by atoms with E-state index < -0.39 is 0 Å². The molecule has 0 unspecified atom stereocenters. The number of hydrogen-bond donors (Lipinski definition) is 0. The number of carbonyl (C=O) groups excluding carboxylic acids is 2. The molecule has 0 aliphatic carbocycles. The van der Waals surface area contributed by atoms with Crippen molar-refractivity contribution in [1.82, 2.24) is 4.90 Å². The number of rotatable bonds is 2. The Morgan fingerprint density at radius 1 is 1.10 bits per heavy atom. The highest BCUT2D eigenvalue weighted by atomic mass is 79.9. The van der Waals surface area contributed by atoms with Crippen LogP contribution in [-0.4, -0.2) is 35.5 Å². The van der Waals surface area contributed by atoms with E-state index in [-0.39, 0.29) is 11.8 Å². The van der Waals surface area contributed by atoms with Gasteiger partial charge in [0.25, 0.3) is 5.91 Å². The van der Waals surface area contributed by atoms with E-state index in [0.717, 1.165) is 30.4 Å². The smallest absolute Gasteiger partial charge is 0.270 e. The number of anilines is 1. The van der Waals surface area contributed by atoms with E-state index >= 15 is 0 Å². The van der Waals surface area contributed by atoms with Gasteiger partial charge >= 0.3 is 0 Å². The van der Waals surface area contributed by atoms with Gasteiger partial charge in [0.15, 0.2) is 0 Å². The van der Waals surface area contributed by atoms with Gasteiger partial charge in [-0.15, -0.1) is 0 Å². The molecule has 21 heavy (non-hydrogen) atoms. The first-order valence-corrected chi connectivity index (χ1v) is 7.90. The van der Waals surface area contributed by atoms with Gasteiger partial charge in [-0.05, 0) is 37.1 Å². The summed E-state index contributed by atoms with van der Waals surface area (Å²) in [5, 5.41) is 5.65. The number of hydrogen-bond acceptors (Lipinski definition) is 3.